The zero-order chi connectivity index (χ0) is 32.7. The third-order valence-corrected chi connectivity index (χ3v) is 9.10. The van der Waals surface area contributed by atoms with Crippen LogP contribution in [0.3, 0.4) is 0 Å². The van der Waals surface area contributed by atoms with Crippen molar-refractivity contribution in [2.24, 2.45) is 23.4 Å². The fourth-order valence-corrected chi connectivity index (χ4v) is 6.45. The molecule has 1 aromatic heterocycles. The lowest BCUT2D eigenvalue weighted by Gasteiger charge is -2.33. The monoisotopic (exact) mass is 646 g/mol. The number of halogens is 1. The number of nitrogens with two attached hydrogens (primary N) is 2. The van der Waals surface area contributed by atoms with Gasteiger partial charge in [0.15, 0.2) is 6.29 Å². The molecule has 1 aliphatic heterocycles. The van der Waals surface area contributed by atoms with Gasteiger partial charge in [-0.2, -0.15) is 0 Å². The van der Waals surface area contributed by atoms with Crippen LogP contribution in [0.1, 0.15) is 58.1 Å². The lowest BCUT2D eigenvalue weighted by atomic mass is 9.96. The van der Waals surface area contributed by atoms with Gasteiger partial charge in [-0.05, 0) is 94.1 Å². The van der Waals surface area contributed by atoms with E-state index in [1.54, 1.807) is 36.5 Å². The van der Waals surface area contributed by atoms with E-state index in [0.717, 1.165) is 25.9 Å². The SMILES string of the molecule is CC(C)COC(O)c1[nH]c2ccc(F)cc2c1/C(N)=C/N(N)CC1CCN(CCNS(=O)(=O)c2ccc(OC(C)C)cc2)CC1. The fourth-order valence-electron chi connectivity index (χ4n) is 5.43. The van der Waals surface area contributed by atoms with Crippen molar-refractivity contribution in [3.05, 3.63) is 65.7 Å². The number of aromatic amines is 1. The number of fused-ring (bicyclic) bond motifs is 1. The molecule has 1 saturated heterocycles. The maximum atomic E-state index is 14.2. The van der Waals surface area contributed by atoms with E-state index < -0.39 is 22.1 Å². The maximum Gasteiger partial charge on any atom is 0.240 e. The number of ether oxygens (including phenoxy) is 2. The van der Waals surface area contributed by atoms with Gasteiger partial charge >= 0.3 is 0 Å². The fraction of sp³-hybridized carbons (Fsp3) is 0.500. The number of sulfonamides is 1. The number of H-pyrrole nitrogens is 1. The van der Waals surface area contributed by atoms with Gasteiger partial charge in [0.2, 0.25) is 10.0 Å². The molecule has 1 aliphatic rings. The molecular weight excluding hydrogens is 599 g/mol. The Morgan fingerprint density at radius 1 is 1.18 bits per heavy atom. The van der Waals surface area contributed by atoms with Gasteiger partial charge in [-0.1, -0.05) is 13.8 Å². The average molecular weight is 647 g/mol. The molecule has 3 aromatic rings. The van der Waals surface area contributed by atoms with Gasteiger partial charge in [0, 0.05) is 42.3 Å². The van der Waals surface area contributed by atoms with Crippen LogP contribution in [0.4, 0.5) is 4.39 Å². The number of nitrogens with zero attached hydrogens (tertiary/aromatic N) is 2. The first-order chi connectivity index (χ1) is 21.3. The van der Waals surface area contributed by atoms with Crippen LogP contribution >= 0.6 is 0 Å². The molecule has 1 atom stereocenters. The Morgan fingerprint density at radius 3 is 2.51 bits per heavy atom. The number of nitrogens with one attached hydrogen (secondary N) is 2. The molecule has 0 radical (unpaired) electrons. The number of piperidine rings is 1. The smallest absolute Gasteiger partial charge is 0.240 e. The molecular formula is C32H47FN6O5S. The highest BCUT2D eigenvalue weighted by molar-refractivity contribution is 7.89. The highest BCUT2D eigenvalue weighted by Gasteiger charge is 2.24. The molecule has 4 rings (SSSR count). The lowest BCUT2D eigenvalue weighted by molar-refractivity contribution is -0.113. The molecule has 2 heterocycles. The van der Waals surface area contributed by atoms with Crippen molar-refractivity contribution in [1.82, 2.24) is 19.6 Å². The summed E-state index contributed by atoms with van der Waals surface area (Å²) in [7, 11) is -3.62. The first-order valence-electron chi connectivity index (χ1n) is 15.4. The molecule has 45 heavy (non-hydrogen) atoms. The van der Waals surface area contributed by atoms with Gasteiger partial charge in [-0.3, -0.25) is 0 Å². The van der Waals surface area contributed by atoms with Gasteiger partial charge in [0.1, 0.15) is 11.6 Å². The number of hydrazine groups is 1. The lowest BCUT2D eigenvalue weighted by Crippen LogP contribution is -2.42. The van der Waals surface area contributed by atoms with Crippen molar-refractivity contribution in [2.75, 3.05) is 39.3 Å². The number of hydrogen-bond donors (Lipinski definition) is 5. The molecule has 13 heteroatoms. The molecule has 0 bridgehead atoms. The van der Waals surface area contributed by atoms with E-state index in [0.29, 0.717) is 60.1 Å². The van der Waals surface area contributed by atoms with Crippen molar-refractivity contribution in [3.63, 3.8) is 0 Å². The Kier molecular flexibility index (Phi) is 11.9. The van der Waals surface area contributed by atoms with E-state index in [1.165, 1.54) is 17.1 Å². The van der Waals surface area contributed by atoms with E-state index in [2.05, 4.69) is 14.6 Å². The van der Waals surface area contributed by atoms with Crippen LogP contribution in [-0.2, 0) is 14.8 Å². The molecule has 7 N–H and O–H groups in total. The van der Waals surface area contributed by atoms with Crippen LogP contribution in [0, 0.1) is 17.7 Å². The molecule has 0 aliphatic carbocycles. The number of benzene rings is 2. The summed E-state index contributed by atoms with van der Waals surface area (Å²) in [6, 6.07) is 10.7. The van der Waals surface area contributed by atoms with Crippen LogP contribution in [0.25, 0.3) is 16.6 Å². The molecule has 1 fully saturated rings. The topological polar surface area (TPSA) is 159 Å². The Bertz CT molecular complexity index is 1540. The van der Waals surface area contributed by atoms with Gasteiger partial charge in [-0.15, -0.1) is 0 Å². The normalized spacial score (nSPS) is 16.2. The maximum absolute atomic E-state index is 14.2. The van der Waals surface area contributed by atoms with Crippen LogP contribution in [0.2, 0.25) is 0 Å². The van der Waals surface area contributed by atoms with Crippen molar-refractivity contribution < 1.29 is 27.4 Å². The molecule has 2 aromatic carbocycles. The quantitative estimate of drug-likeness (QED) is 0.0938. The molecule has 0 amide bonds. The Hall–Kier alpha value is -3.20. The molecule has 11 nitrogen and oxygen atoms in total. The van der Waals surface area contributed by atoms with Crippen molar-refractivity contribution in [2.45, 2.75) is 57.8 Å². The summed E-state index contributed by atoms with van der Waals surface area (Å²) >= 11 is 0. The summed E-state index contributed by atoms with van der Waals surface area (Å²) in [6.45, 7) is 11.2. The summed E-state index contributed by atoms with van der Waals surface area (Å²) in [5, 5.41) is 12.8. The predicted molar refractivity (Wildman–Crippen MR) is 174 cm³/mol. The third-order valence-electron chi connectivity index (χ3n) is 7.62. The summed E-state index contributed by atoms with van der Waals surface area (Å²) in [4.78, 5) is 5.56. The minimum Gasteiger partial charge on any atom is -0.491 e. The Morgan fingerprint density at radius 2 is 1.87 bits per heavy atom. The van der Waals surface area contributed by atoms with Crippen LogP contribution < -0.4 is 21.0 Å². The number of aromatic nitrogens is 1. The van der Waals surface area contributed by atoms with E-state index in [1.807, 2.05) is 27.7 Å². The van der Waals surface area contributed by atoms with Gasteiger partial charge in [-0.25, -0.2) is 23.4 Å². The average Bonchev–Trinajstić information content (AvgIpc) is 3.35. The summed E-state index contributed by atoms with van der Waals surface area (Å²) in [5.74, 6) is 7.08. The zero-order valence-electron chi connectivity index (χ0n) is 26.5. The van der Waals surface area contributed by atoms with Crippen LogP contribution in [0.15, 0.2) is 53.6 Å². The third kappa shape index (κ3) is 9.65. The van der Waals surface area contributed by atoms with Gasteiger partial charge in [0.25, 0.3) is 0 Å². The number of aliphatic hydroxyl groups excluding tert-OH is 1. The summed E-state index contributed by atoms with van der Waals surface area (Å²) in [5.41, 5.74) is 8.20. The van der Waals surface area contributed by atoms with Crippen molar-refractivity contribution in [3.8, 4) is 5.75 Å². The first kappa shape index (κ1) is 34.7. The van der Waals surface area contributed by atoms with Gasteiger partial charge in [0.05, 0.1) is 29.0 Å². The largest absolute Gasteiger partial charge is 0.491 e. The van der Waals surface area contributed by atoms with E-state index in [9.17, 15) is 17.9 Å². The van der Waals surface area contributed by atoms with Crippen LogP contribution in [0.5, 0.6) is 5.75 Å². The molecule has 0 spiro atoms. The van der Waals surface area contributed by atoms with E-state index in [-0.39, 0.29) is 22.6 Å². The highest BCUT2D eigenvalue weighted by Crippen LogP contribution is 2.32. The van der Waals surface area contributed by atoms with E-state index >= 15 is 0 Å². The number of likely N-dealkylation sites (tertiary alicyclic amines) is 1. The second-order valence-electron chi connectivity index (χ2n) is 12.3. The first-order valence-corrected chi connectivity index (χ1v) is 16.9. The highest BCUT2D eigenvalue weighted by atomic mass is 32.2. The zero-order valence-corrected chi connectivity index (χ0v) is 27.3. The van der Waals surface area contributed by atoms with Gasteiger partial charge < -0.3 is 35.2 Å². The van der Waals surface area contributed by atoms with Crippen molar-refractivity contribution >= 4 is 26.6 Å². The van der Waals surface area contributed by atoms with Crippen LogP contribution in [-0.4, -0.2) is 73.9 Å². The molecule has 0 saturated carbocycles. The number of aliphatic hydroxyl groups is 1. The predicted octanol–water partition coefficient (Wildman–Crippen LogP) is 3.88. The molecule has 248 valence electrons. The number of hydrogen-bond acceptors (Lipinski definition) is 9. The minimum absolute atomic E-state index is 0.0117. The standard InChI is InChI=1S/C32H47FN6O5S/c1-21(2)20-43-32(40)31-30(27-17-24(33)5-10-29(27)37-31)28(34)19-39(35)18-23-11-14-38(15-12-23)16-13-36-45(41,42)26-8-6-25(7-9-26)44-22(3)4/h5-10,17,19,21-23,32,36-37,40H,11-16,18,20,34-35H2,1-4H3/b28-19-. The second kappa shape index (κ2) is 15.4. The Labute approximate surface area is 265 Å². The minimum atomic E-state index is -3.62. The second-order valence-corrected chi connectivity index (χ2v) is 14.1. The number of rotatable bonds is 15. The molecule has 1 unspecified atom stereocenters. The van der Waals surface area contributed by atoms with Crippen molar-refractivity contribution in [1.29, 1.82) is 0 Å². The van der Waals surface area contributed by atoms with E-state index in [4.69, 9.17) is 21.1 Å². The Balaban J connectivity index is 1.29. The summed E-state index contributed by atoms with van der Waals surface area (Å²) < 4.78 is 53.5. The summed E-state index contributed by atoms with van der Waals surface area (Å²) in [6.07, 6.45) is 2.12.